The Hall–Kier alpha value is -1.12. The first-order valence-corrected chi connectivity index (χ1v) is 8.18. The van der Waals surface area contributed by atoms with Crippen molar-refractivity contribution in [1.82, 2.24) is 0 Å². The van der Waals surface area contributed by atoms with Crippen LogP contribution in [0.15, 0.2) is 18.2 Å². The Kier molecular flexibility index (Phi) is 7.69. The number of nitrogens with zero attached hydrogens (tertiary/aromatic N) is 1. The fourth-order valence-corrected chi connectivity index (χ4v) is 2.93. The molecule has 0 aliphatic carbocycles. The lowest BCUT2D eigenvalue weighted by atomic mass is 10.0. The van der Waals surface area contributed by atoms with Gasteiger partial charge in [0, 0.05) is 13.1 Å². The van der Waals surface area contributed by atoms with Crippen LogP contribution in [-0.2, 0) is 0 Å². The van der Waals surface area contributed by atoms with Gasteiger partial charge in [0.05, 0.1) is 5.69 Å². The van der Waals surface area contributed by atoms with Gasteiger partial charge in [-0.05, 0) is 36.8 Å². The van der Waals surface area contributed by atoms with E-state index in [2.05, 4.69) is 27.7 Å². The van der Waals surface area contributed by atoms with E-state index < -0.39 is 11.6 Å². The van der Waals surface area contributed by atoms with Crippen molar-refractivity contribution >= 4 is 5.69 Å². The molecule has 1 aromatic carbocycles. The smallest absolute Gasteiger partial charge is 0.182 e. The molecule has 0 saturated carbocycles. The van der Waals surface area contributed by atoms with Crippen molar-refractivity contribution in [1.29, 1.82) is 0 Å². The second kappa shape index (κ2) is 9.01. The van der Waals surface area contributed by atoms with Crippen LogP contribution in [0.3, 0.4) is 0 Å². The van der Waals surface area contributed by atoms with Crippen molar-refractivity contribution in [2.45, 2.75) is 53.4 Å². The first kappa shape index (κ1) is 17.9. The van der Waals surface area contributed by atoms with Gasteiger partial charge in [-0.1, -0.05) is 46.6 Å². The fraction of sp³-hybridized carbons (Fsp3) is 0.667. The standard InChI is InChI=1S/C18H29F2N/c1-5-8-14(3)12-21(13-15(4)9-6-2)17-11-7-10-16(19)18(17)20/h7,10-11,14-15H,5-6,8-9,12-13H2,1-4H3. The van der Waals surface area contributed by atoms with Crippen LogP contribution in [0.4, 0.5) is 14.5 Å². The van der Waals surface area contributed by atoms with Crippen LogP contribution >= 0.6 is 0 Å². The molecule has 3 heteroatoms. The highest BCUT2D eigenvalue weighted by atomic mass is 19.2. The minimum absolute atomic E-state index is 0.404. The fourth-order valence-electron chi connectivity index (χ4n) is 2.93. The summed E-state index contributed by atoms with van der Waals surface area (Å²) in [6.07, 6.45) is 4.45. The van der Waals surface area contributed by atoms with Crippen molar-refractivity contribution in [3.8, 4) is 0 Å². The van der Waals surface area contributed by atoms with E-state index in [-0.39, 0.29) is 0 Å². The summed E-state index contributed by atoms with van der Waals surface area (Å²) in [7, 11) is 0. The van der Waals surface area contributed by atoms with Gasteiger partial charge in [-0.2, -0.15) is 0 Å². The molecule has 21 heavy (non-hydrogen) atoms. The van der Waals surface area contributed by atoms with E-state index in [9.17, 15) is 8.78 Å². The van der Waals surface area contributed by atoms with Gasteiger partial charge in [0.25, 0.3) is 0 Å². The second-order valence-electron chi connectivity index (χ2n) is 6.27. The highest BCUT2D eigenvalue weighted by molar-refractivity contribution is 5.48. The van der Waals surface area contributed by atoms with Crippen LogP contribution in [0.1, 0.15) is 53.4 Å². The zero-order chi connectivity index (χ0) is 15.8. The predicted octanol–water partition coefficient (Wildman–Crippen LogP) is 5.64. The average molecular weight is 297 g/mol. The summed E-state index contributed by atoms with van der Waals surface area (Å²) in [5.41, 5.74) is 0.404. The van der Waals surface area contributed by atoms with Gasteiger partial charge < -0.3 is 4.90 Å². The van der Waals surface area contributed by atoms with Crippen molar-refractivity contribution in [2.75, 3.05) is 18.0 Å². The van der Waals surface area contributed by atoms with Crippen LogP contribution in [0.25, 0.3) is 0 Å². The molecule has 2 atom stereocenters. The summed E-state index contributed by atoms with van der Waals surface area (Å²) in [4.78, 5) is 2.03. The molecule has 0 bridgehead atoms. The zero-order valence-electron chi connectivity index (χ0n) is 13.8. The van der Waals surface area contributed by atoms with Crippen LogP contribution < -0.4 is 4.90 Å². The van der Waals surface area contributed by atoms with E-state index in [0.717, 1.165) is 38.8 Å². The Bertz CT molecular complexity index is 406. The van der Waals surface area contributed by atoms with E-state index >= 15 is 0 Å². The second-order valence-corrected chi connectivity index (χ2v) is 6.27. The number of benzene rings is 1. The molecule has 1 nitrogen and oxygen atoms in total. The van der Waals surface area contributed by atoms with Gasteiger partial charge in [-0.25, -0.2) is 8.78 Å². The summed E-state index contributed by atoms with van der Waals surface area (Å²) in [6, 6.07) is 4.47. The quantitative estimate of drug-likeness (QED) is 0.570. The van der Waals surface area contributed by atoms with Gasteiger partial charge in [0.2, 0.25) is 0 Å². The third kappa shape index (κ3) is 5.64. The summed E-state index contributed by atoms with van der Waals surface area (Å²) >= 11 is 0. The van der Waals surface area contributed by atoms with Crippen molar-refractivity contribution in [2.24, 2.45) is 11.8 Å². The number of rotatable bonds is 9. The van der Waals surface area contributed by atoms with Gasteiger partial charge >= 0.3 is 0 Å². The van der Waals surface area contributed by atoms with E-state index in [0.29, 0.717) is 17.5 Å². The lowest BCUT2D eigenvalue weighted by Gasteiger charge is -2.31. The van der Waals surface area contributed by atoms with E-state index in [1.807, 2.05) is 4.90 Å². The summed E-state index contributed by atoms with van der Waals surface area (Å²) in [5.74, 6) is -0.522. The number of halogens is 2. The summed E-state index contributed by atoms with van der Waals surface area (Å²) in [6.45, 7) is 10.2. The molecule has 0 fully saturated rings. The Balaban J connectivity index is 2.91. The lowest BCUT2D eigenvalue weighted by Crippen LogP contribution is -2.33. The minimum atomic E-state index is -0.760. The molecular formula is C18H29F2N. The molecule has 1 aromatic rings. The Morgan fingerprint density at radius 2 is 1.48 bits per heavy atom. The molecule has 2 unspecified atom stereocenters. The molecule has 120 valence electrons. The largest absolute Gasteiger partial charge is 0.369 e. The van der Waals surface area contributed by atoms with E-state index in [4.69, 9.17) is 0 Å². The number of hydrogen-bond donors (Lipinski definition) is 0. The molecular weight excluding hydrogens is 268 g/mol. The Morgan fingerprint density at radius 3 is 1.95 bits per heavy atom. The first-order valence-electron chi connectivity index (χ1n) is 8.18. The molecule has 1 rings (SSSR count). The topological polar surface area (TPSA) is 3.24 Å². The first-order chi connectivity index (χ1) is 9.99. The molecule has 0 radical (unpaired) electrons. The van der Waals surface area contributed by atoms with Crippen LogP contribution in [0.2, 0.25) is 0 Å². The van der Waals surface area contributed by atoms with Crippen molar-refractivity contribution < 1.29 is 8.78 Å². The Morgan fingerprint density at radius 1 is 0.952 bits per heavy atom. The average Bonchev–Trinajstić information content (AvgIpc) is 2.41. The highest BCUT2D eigenvalue weighted by Crippen LogP contribution is 2.25. The van der Waals surface area contributed by atoms with Crippen LogP contribution in [0, 0.1) is 23.5 Å². The molecule has 0 aliphatic heterocycles. The monoisotopic (exact) mass is 297 g/mol. The Labute approximate surface area is 128 Å². The van der Waals surface area contributed by atoms with Crippen LogP contribution in [0.5, 0.6) is 0 Å². The molecule has 0 heterocycles. The summed E-state index contributed by atoms with van der Waals surface area (Å²) < 4.78 is 27.6. The van der Waals surface area contributed by atoms with Gasteiger partial charge in [0.15, 0.2) is 11.6 Å². The number of hydrogen-bond acceptors (Lipinski definition) is 1. The van der Waals surface area contributed by atoms with Crippen molar-refractivity contribution in [3.05, 3.63) is 29.8 Å². The third-order valence-corrected chi connectivity index (χ3v) is 3.90. The van der Waals surface area contributed by atoms with Gasteiger partial charge in [-0.15, -0.1) is 0 Å². The normalized spacial score (nSPS) is 14.0. The van der Waals surface area contributed by atoms with E-state index in [1.54, 1.807) is 12.1 Å². The predicted molar refractivity (Wildman–Crippen MR) is 86.7 cm³/mol. The SMILES string of the molecule is CCCC(C)CN(CC(C)CCC)c1cccc(F)c1F. The maximum atomic E-state index is 14.1. The highest BCUT2D eigenvalue weighted by Gasteiger charge is 2.18. The molecule has 0 amide bonds. The molecule has 0 aromatic heterocycles. The zero-order valence-corrected chi connectivity index (χ0v) is 13.8. The van der Waals surface area contributed by atoms with Crippen LogP contribution in [-0.4, -0.2) is 13.1 Å². The maximum absolute atomic E-state index is 14.1. The van der Waals surface area contributed by atoms with Gasteiger partial charge in [0.1, 0.15) is 0 Å². The molecule has 0 N–H and O–H groups in total. The van der Waals surface area contributed by atoms with Gasteiger partial charge in [-0.3, -0.25) is 0 Å². The lowest BCUT2D eigenvalue weighted by molar-refractivity contribution is 0.451. The molecule has 0 aliphatic rings. The molecule has 0 spiro atoms. The van der Waals surface area contributed by atoms with Crippen molar-refractivity contribution in [3.63, 3.8) is 0 Å². The minimum Gasteiger partial charge on any atom is -0.369 e. The van der Waals surface area contributed by atoms with E-state index in [1.165, 1.54) is 6.07 Å². The number of anilines is 1. The third-order valence-electron chi connectivity index (χ3n) is 3.90. The maximum Gasteiger partial charge on any atom is 0.182 e. The summed E-state index contributed by atoms with van der Waals surface area (Å²) in [5, 5.41) is 0. The molecule has 0 saturated heterocycles.